The predicted molar refractivity (Wildman–Crippen MR) is 94.7 cm³/mol. The number of benzene rings is 2. The Morgan fingerprint density at radius 1 is 1.12 bits per heavy atom. The second-order valence-electron chi connectivity index (χ2n) is 5.56. The van der Waals surface area contributed by atoms with Crippen molar-refractivity contribution in [2.45, 2.75) is 6.42 Å². The third-order valence-electron chi connectivity index (χ3n) is 3.80. The lowest BCUT2D eigenvalue weighted by Crippen LogP contribution is -2.14. The molecule has 3 aromatic rings. The summed E-state index contributed by atoms with van der Waals surface area (Å²) in [6.07, 6.45) is 1.64. The van der Waals surface area contributed by atoms with Crippen LogP contribution in [0.3, 0.4) is 0 Å². The van der Waals surface area contributed by atoms with Crippen molar-refractivity contribution in [1.82, 2.24) is 4.98 Å². The topological polar surface area (TPSA) is 112 Å². The van der Waals surface area contributed by atoms with E-state index in [4.69, 9.17) is 15.2 Å². The van der Waals surface area contributed by atoms with E-state index in [2.05, 4.69) is 4.98 Å². The van der Waals surface area contributed by atoms with E-state index >= 15 is 0 Å². The molecule has 1 heterocycles. The highest BCUT2D eigenvalue weighted by atomic mass is 16.5. The summed E-state index contributed by atoms with van der Waals surface area (Å²) in [5.74, 6) is -0.0746. The van der Waals surface area contributed by atoms with E-state index < -0.39 is 11.9 Å². The lowest BCUT2D eigenvalue weighted by molar-refractivity contribution is -0.117. The fourth-order valence-corrected chi connectivity index (χ4v) is 2.59. The number of hydrogen-bond donors (Lipinski definition) is 2. The zero-order valence-electron chi connectivity index (χ0n) is 13.9. The number of ether oxygens (including phenoxy) is 2. The lowest BCUT2D eigenvalue weighted by atomic mass is 10.1. The fourth-order valence-electron chi connectivity index (χ4n) is 2.59. The second kappa shape index (κ2) is 7.10. The van der Waals surface area contributed by atoms with Crippen LogP contribution in [0.4, 0.5) is 0 Å². The van der Waals surface area contributed by atoms with Gasteiger partial charge >= 0.3 is 5.97 Å². The molecule has 0 aliphatic rings. The summed E-state index contributed by atoms with van der Waals surface area (Å²) in [7, 11) is 1.49. The fraction of sp³-hybridized carbons (Fsp3) is 0.105. The van der Waals surface area contributed by atoms with Gasteiger partial charge in [0.2, 0.25) is 5.91 Å². The van der Waals surface area contributed by atoms with Gasteiger partial charge in [0.25, 0.3) is 0 Å². The summed E-state index contributed by atoms with van der Waals surface area (Å²) in [6.45, 7) is 0. The third kappa shape index (κ3) is 3.56. The molecule has 3 N–H and O–H groups in total. The monoisotopic (exact) mass is 352 g/mol. The summed E-state index contributed by atoms with van der Waals surface area (Å²) in [4.78, 5) is 26.5. The molecular weight excluding hydrogens is 336 g/mol. The van der Waals surface area contributed by atoms with Crippen LogP contribution in [0.2, 0.25) is 0 Å². The normalized spacial score (nSPS) is 10.5. The number of carbonyl (C=O) groups excluding carboxylic acids is 1. The van der Waals surface area contributed by atoms with Crippen molar-refractivity contribution in [1.29, 1.82) is 0 Å². The highest BCUT2D eigenvalue weighted by Gasteiger charge is 2.12. The van der Waals surface area contributed by atoms with Crippen molar-refractivity contribution in [2.24, 2.45) is 5.73 Å². The van der Waals surface area contributed by atoms with Crippen LogP contribution in [0.5, 0.6) is 17.2 Å². The number of carboxylic acids is 1. The molecule has 0 bridgehead atoms. The first-order valence-corrected chi connectivity index (χ1v) is 7.73. The number of primary amides is 1. The maximum atomic E-state index is 11.2. The molecule has 26 heavy (non-hydrogen) atoms. The highest BCUT2D eigenvalue weighted by molar-refractivity contribution is 5.95. The summed E-state index contributed by atoms with van der Waals surface area (Å²) in [6, 6.07) is 11.3. The second-order valence-corrected chi connectivity index (χ2v) is 5.56. The molecule has 2 aromatic carbocycles. The van der Waals surface area contributed by atoms with Gasteiger partial charge in [-0.15, -0.1) is 0 Å². The summed E-state index contributed by atoms with van der Waals surface area (Å²) >= 11 is 0. The summed E-state index contributed by atoms with van der Waals surface area (Å²) in [5.41, 5.74) is 6.64. The van der Waals surface area contributed by atoms with Crippen molar-refractivity contribution in [3.05, 3.63) is 59.8 Å². The van der Waals surface area contributed by atoms with Gasteiger partial charge in [0.1, 0.15) is 17.2 Å². The minimum atomic E-state index is -1.03. The number of fused-ring (bicyclic) bond motifs is 1. The van der Waals surface area contributed by atoms with E-state index in [9.17, 15) is 14.7 Å². The highest BCUT2D eigenvalue weighted by Crippen LogP contribution is 2.32. The van der Waals surface area contributed by atoms with E-state index in [1.165, 1.54) is 19.2 Å². The Balaban J connectivity index is 1.99. The molecule has 132 valence electrons. The van der Waals surface area contributed by atoms with Crippen LogP contribution in [-0.4, -0.2) is 29.1 Å². The minimum Gasteiger partial charge on any atom is -0.496 e. The van der Waals surface area contributed by atoms with Gasteiger partial charge in [-0.1, -0.05) is 6.07 Å². The Morgan fingerprint density at radius 2 is 1.92 bits per heavy atom. The first kappa shape index (κ1) is 17.2. The molecule has 0 saturated heterocycles. The molecule has 0 unspecified atom stereocenters. The molecule has 3 rings (SSSR count). The van der Waals surface area contributed by atoms with Gasteiger partial charge in [0.05, 0.1) is 24.6 Å². The molecule has 0 atom stereocenters. The van der Waals surface area contributed by atoms with Gasteiger partial charge < -0.3 is 20.3 Å². The lowest BCUT2D eigenvalue weighted by Gasteiger charge is -2.12. The average Bonchev–Trinajstić information content (AvgIpc) is 2.62. The summed E-state index contributed by atoms with van der Waals surface area (Å²) < 4.78 is 11.2. The van der Waals surface area contributed by atoms with Gasteiger partial charge in [-0.25, -0.2) is 4.79 Å². The predicted octanol–water partition coefficient (Wildman–Crippen LogP) is 2.76. The molecule has 1 amide bonds. The smallest absolute Gasteiger partial charge is 0.335 e. The molecular formula is C19H16N2O5. The number of amides is 1. The van der Waals surface area contributed by atoms with Crippen molar-refractivity contribution >= 4 is 22.8 Å². The molecule has 0 aliphatic heterocycles. The Kier molecular flexibility index (Phi) is 4.70. The molecule has 7 heteroatoms. The van der Waals surface area contributed by atoms with Crippen molar-refractivity contribution in [2.75, 3.05) is 7.11 Å². The maximum absolute atomic E-state index is 11.2. The Hall–Kier alpha value is -3.61. The Bertz CT molecular complexity index is 1000. The van der Waals surface area contributed by atoms with Crippen LogP contribution in [0.15, 0.2) is 48.7 Å². The third-order valence-corrected chi connectivity index (χ3v) is 3.80. The zero-order valence-corrected chi connectivity index (χ0v) is 13.9. The van der Waals surface area contributed by atoms with E-state index in [1.54, 1.807) is 36.5 Å². The van der Waals surface area contributed by atoms with E-state index in [0.29, 0.717) is 33.7 Å². The van der Waals surface area contributed by atoms with Gasteiger partial charge in [0.15, 0.2) is 0 Å². The molecule has 0 spiro atoms. The van der Waals surface area contributed by atoms with Gasteiger partial charge in [0, 0.05) is 23.2 Å². The van der Waals surface area contributed by atoms with Crippen LogP contribution in [-0.2, 0) is 11.2 Å². The number of nitrogens with zero attached hydrogens (tertiary/aromatic N) is 1. The Labute approximate surface area is 149 Å². The minimum absolute atomic E-state index is 0.0591. The van der Waals surface area contributed by atoms with Crippen molar-refractivity contribution < 1.29 is 24.2 Å². The first-order chi connectivity index (χ1) is 12.5. The number of carboxylic acid groups (broad SMARTS) is 1. The zero-order chi connectivity index (χ0) is 18.7. The van der Waals surface area contributed by atoms with Crippen molar-refractivity contribution in [3.63, 3.8) is 0 Å². The number of carbonyl (C=O) groups is 2. The molecule has 0 saturated carbocycles. The van der Waals surface area contributed by atoms with Gasteiger partial charge in [-0.2, -0.15) is 0 Å². The number of rotatable bonds is 6. The number of hydrogen-bond acceptors (Lipinski definition) is 5. The van der Waals surface area contributed by atoms with Crippen LogP contribution in [0.1, 0.15) is 15.9 Å². The average molecular weight is 352 g/mol. The van der Waals surface area contributed by atoms with Crippen LogP contribution < -0.4 is 15.2 Å². The number of aromatic carboxylic acids is 1. The number of aromatic nitrogens is 1. The number of nitrogens with two attached hydrogens (primary N) is 1. The van der Waals surface area contributed by atoms with Crippen LogP contribution in [0.25, 0.3) is 10.9 Å². The number of methoxy groups -OCH3 is 1. The van der Waals surface area contributed by atoms with Crippen molar-refractivity contribution in [3.8, 4) is 17.2 Å². The first-order valence-electron chi connectivity index (χ1n) is 7.73. The summed E-state index contributed by atoms with van der Waals surface area (Å²) in [5, 5.41) is 9.76. The molecule has 1 aromatic heterocycles. The quantitative estimate of drug-likeness (QED) is 0.705. The standard InChI is InChI=1S/C19H16N2O5/c1-25-17-10-13(4-2-11(17)9-18(20)22)26-16-6-7-21-15-5-3-12(19(23)24)8-14(15)16/h2-8,10H,9H2,1H3,(H2,20,22)(H,23,24). The molecule has 0 aliphatic carbocycles. The van der Waals surface area contributed by atoms with Gasteiger partial charge in [-0.05, 0) is 30.3 Å². The van der Waals surface area contributed by atoms with Gasteiger partial charge in [-0.3, -0.25) is 9.78 Å². The van der Waals surface area contributed by atoms with E-state index in [1.807, 2.05) is 0 Å². The number of pyridine rings is 1. The SMILES string of the molecule is COc1cc(Oc2ccnc3ccc(C(=O)O)cc23)ccc1CC(N)=O. The molecule has 0 fully saturated rings. The maximum Gasteiger partial charge on any atom is 0.335 e. The Morgan fingerprint density at radius 3 is 2.62 bits per heavy atom. The largest absolute Gasteiger partial charge is 0.496 e. The molecule has 0 radical (unpaired) electrons. The van der Waals surface area contributed by atoms with Crippen LogP contribution in [0, 0.1) is 0 Å². The van der Waals surface area contributed by atoms with Crippen LogP contribution >= 0.6 is 0 Å². The molecule has 7 nitrogen and oxygen atoms in total. The van der Waals surface area contributed by atoms with E-state index in [-0.39, 0.29) is 12.0 Å². The van der Waals surface area contributed by atoms with E-state index in [0.717, 1.165) is 0 Å².